The lowest BCUT2D eigenvalue weighted by molar-refractivity contribution is -0.145. The first kappa shape index (κ1) is 24.7. The molecule has 2 aromatic carbocycles. The molecule has 1 aliphatic heterocycles. The Balaban J connectivity index is 1.44. The maximum atomic E-state index is 13.3. The minimum atomic E-state index is -1.04. The number of alkyl carbamates (subject to hydrolysis) is 1. The van der Waals surface area contributed by atoms with Gasteiger partial charge >= 0.3 is 12.1 Å². The Bertz CT molecular complexity index is 1040. The minimum Gasteiger partial charge on any atom is -0.481 e. The number of ether oxygens (including phenoxy) is 3. The third-order valence-electron chi connectivity index (χ3n) is 6.65. The number of carbonyl (C=O) groups excluding carboxylic acids is 2. The maximum Gasteiger partial charge on any atom is 0.407 e. The first-order valence-corrected chi connectivity index (χ1v) is 11.6. The van der Waals surface area contributed by atoms with E-state index < -0.39 is 36.0 Å². The van der Waals surface area contributed by atoms with E-state index in [1.54, 1.807) is 6.92 Å². The van der Waals surface area contributed by atoms with E-state index >= 15 is 0 Å². The molecule has 0 bridgehead atoms. The van der Waals surface area contributed by atoms with Crippen LogP contribution in [0.25, 0.3) is 11.1 Å². The van der Waals surface area contributed by atoms with Crippen LogP contribution in [-0.2, 0) is 23.8 Å². The molecule has 35 heavy (non-hydrogen) atoms. The van der Waals surface area contributed by atoms with E-state index in [0.29, 0.717) is 0 Å². The highest BCUT2D eigenvalue weighted by atomic mass is 16.5. The van der Waals surface area contributed by atoms with Crippen molar-refractivity contribution in [3.05, 3.63) is 59.7 Å². The molecule has 186 valence electrons. The average molecular weight is 483 g/mol. The standard InChI is InChI=1S/C26H30N2O7/c1-16(33-2)23(24(29)28-11-12-34-14-17(13-28)25(30)31)27-26(32)35-15-22-20-9-5-3-7-18(20)19-8-4-6-10-21(19)22/h3-10,16-17,22-23H,11-15H2,1-2H3,(H,27,32)(H,30,31). The molecule has 3 atom stereocenters. The molecule has 1 fully saturated rings. The molecule has 2 N–H and O–H groups in total. The van der Waals surface area contributed by atoms with Crippen molar-refractivity contribution in [2.24, 2.45) is 5.92 Å². The van der Waals surface area contributed by atoms with E-state index in [9.17, 15) is 19.5 Å². The van der Waals surface area contributed by atoms with Crippen LogP contribution in [-0.4, -0.2) is 80.1 Å². The molecule has 0 saturated carbocycles. The molecule has 9 heteroatoms. The molecule has 0 spiro atoms. The zero-order valence-corrected chi connectivity index (χ0v) is 19.8. The van der Waals surface area contributed by atoms with Gasteiger partial charge < -0.3 is 29.5 Å². The highest BCUT2D eigenvalue weighted by molar-refractivity contribution is 5.87. The molecule has 1 saturated heterocycles. The summed E-state index contributed by atoms with van der Waals surface area (Å²) in [5, 5.41) is 12.0. The lowest BCUT2D eigenvalue weighted by atomic mass is 9.98. The molecular weight excluding hydrogens is 452 g/mol. The SMILES string of the molecule is COC(C)C(NC(=O)OCC1c2ccccc2-c2ccccc21)C(=O)N1CCOCC(C(=O)O)C1. The summed E-state index contributed by atoms with van der Waals surface area (Å²) in [5.74, 6) is -2.43. The number of hydrogen-bond acceptors (Lipinski definition) is 6. The predicted octanol–water partition coefficient (Wildman–Crippen LogP) is 2.49. The van der Waals surface area contributed by atoms with Gasteiger partial charge in [0.1, 0.15) is 12.6 Å². The van der Waals surface area contributed by atoms with Crippen molar-refractivity contribution in [3.63, 3.8) is 0 Å². The lowest BCUT2D eigenvalue weighted by Crippen LogP contribution is -2.55. The largest absolute Gasteiger partial charge is 0.481 e. The Morgan fingerprint density at radius 2 is 1.74 bits per heavy atom. The van der Waals surface area contributed by atoms with Crippen LogP contribution in [0.1, 0.15) is 24.0 Å². The van der Waals surface area contributed by atoms with E-state index in [4.69, 9.17) is 14.2 Å². The highest BCUT2D eigenvalue weighted by Gasteiger charge is 2.35. The minimum absolute atomic E-state index is 0.00648. The number of nitrogens with one attached hydrogen (secondary N) is 1. The van der Waals surface area contributed by atoms with Gasteiger partial charge in [-0.25, -0.2) is 4.79 Å². The molecule has 0 aromatic heterocycles. The van der Waals surface area contributed by atoms with Crippen molar-refractivity contribution in [2.45, 2.75) is 25.0 Å². The van der Waals surface area contributed by atoms with Crippen LogP contribution in [0.3, 0.4) is 0 Å². The van der Waals surface area contributed by atoms with Crippen LogP contribution in [0.5, 0.6) is 0 Å². The monoisotopic (exact) mass is 482 g/mol. The van der Waals surface area contributed by atoms with E-state index in [2.05, 4.69) is 17.4 Å². The van der Waals surface area contributed by atoms with Gasteiger partial charge in [-0.2, -0.15) is 0 Å². The second-order valence-electron chi connectivity index (χ2n) is 8.78. The van der Waals surface area contributed by atoms with Crippen molar-refractivity contribution in [2.75, 3.05) is 40.0 Å². The number of fused-ring (bicyclic) bond motifs is 3. The van der Waals surface area contributed by atoms with Gasteiger partial charge in [0.25, 0.3) is 0 Å². The summed E-state index contributed by atoms with van der Waals surface area (Å²) in [7, 11) is 1.44. The van der Waals surface area contributed by atoms with Crippen molar-refractivity contribution in [3.8, 4) is 11.1 Å². The van der Waals surface area contributed by atoms with Crippen molar-refractivity contribution in [1.82, 2.24) is 10.2 Å². The number of methoxy groups -OCH3 is 1. The van der Waals surface area contributed by atoms with E-state index in [1.807, 2.05) is 36.4 Å². The Labute approximate surface area is 204 Å². The summed E-state index contributed by atoms with van der Waals surface area (Å²) in [6.45, 7) is 2.24. The first-order valence-electron chi connectivity index (χ1n) is 11.6. The van der Waals surface area contributed by atoms with Gasteiger partial charge in [0.15, 0.2) is 0 Å². The fraction of sp³-hybridized carbons (Fsp3) is 0.423. The van der Waals surface area contributed by atoms with Crippen molar-refractivity contribution < 1.29 is 33.7 Å². The third-order valence-corrected chi connectivity index (χ3v) is 6.65. The normalized spacial score (nSPS) is 19.1. The fourth-order valence-electron chi connectivity index (χ4n) is 4.64. The first-order chi connectivity index (χ1) is 16.9. The highest BCUT2D eigenvalue weighted by Crippen LogP contribution is 2.44. The number of amides is 2. The van der Waals surface area contributed by atoms with Crippen LogP contribution >= 0.6 is 0 Å². The molecule has 1 heterocycles. The predicted molar refractivity (Wildman–Crippen MR) is 127 cm³/mol. The summed E-state index contributed by atoms with van der Waals surface area (Å²) >= 11 is 0. The number of carboxylic acids is 1. The number of rotatable bonds is 7. The number of carboxylic acid groups (broad SMARTS) is 1. The topological polar surface area (TPSA) is 114 Å². The molecule has 9 nitrogen and oxygen atoms in total. The van der Waals surface area contributed by atoms with Crippen LogP contribution in [0.4, 0.5) is 4.79 Å². The molecule has 3 unspecified atom stereocenters. The number of hydrogen-bond donors (Lipinski definition) is 2. The third kappa shape index (κ3) is 5.31. The summed E-state index contributed by atoms with van der Waals surface area (Å²) in [4.78, 5) is 38.9. The second-order valence-corrected chi connectivity index (χ2v) is 8.78. The van der Waals surface area contributed by atoms with E-state index in [0.717, 1.165) is 22.3 Å². The van der Waals surface area contributed by atoms with E-state index in [-0.39, 0.29) is 38.8 Å². The van der Waals surface area contributed by atoms with Gasteiger partial charge in [-0.05, 0) is 29.2 Å². The molecule has 1 aliphatic carbocycles. The zero-order chi connectivity index (χ0) is 24.9. The molecule has 2 aliphatic rings. The maximum absolute atomic E-state index is 13.3. The average Bonchev–Trinajstić information content (AvgIpc) is 3.00. The summed E-state index contributed by atoms with van der Waals surface area (Å²) in [5.41, 5.74) is 4.41. The Kier molecular flexibility index (Phi) is 7.67. The number of benzene rings is 2. The smallest absolute Gasteiger partial charge is 0.407 e. The van der Waals surface area contributed by atoms with Gasteiger partial charge in [0.2, 0.25) is 5.91 Å². The van der Waals surface area contributed by atoms with Crippen LogP contribution in [0, 0.1) is 5.92 Å². The Morgan fingerprint density at radius 3 is 2.34 bits per heavy atom. The number of aliphatic carboxylic acids is 1. The molecule has 2 amide bonds. The summed E-state index contributed by atoms with van der Waals surface area (Å²) in [6.07, 6.45) is -1.40. The van der Waals surface area contributed by atoms with Crippen molar-refractivity contribution in [1.29, 1.82) is 0 Å². The Hall–Kier alpha value is -3.43. The van der Waals surface area contributed by atoms with E-state index in [1.165, 1.54) is 12.0 Å². The number of nitrogens with zero attached hydrogens (tertiary/aromatic N) is 1. The van der Waals surface area contributed by atoms with Crippen LogP contribution in [0.2, 0.25) is 0 Å². The lowest BCUT2D eigenvalue weighted by Gasteiger charge is -2.30. The zero-order valence-electron chi connectivity index (χ0n) is 19.8. The van der Waals surface area contributed by atoms with Gasteiger partial charge in [0, 0.05) is 26.1 Å². The van der Waals surface area contributed by atoms with Crippen LogP contribution < -0.4 is 5.32 Å². The second kappa shape index (κ2) is 10.9. The molecular formula is C26H30N2O7. The van der Waals surface area contributed by atoms with Gasteiger partial charge in [-0.3, -0.25) is 9.59 Å². The number of carbonyl (C=O) groups is 3. The van der Waals surface area contributed by atoms with Crippen LogP contribution in [0.15, 0.2) is 48.5 Å². The molecule has 2 aromatic rings. The van der Waals surface area contributed by atoms with Crippen molar-refractivity contribution >= 4 is 18.0 Å². The summed E-state index contributed by atoms with van der Waals surface area (Å²) < 4.78 is 16.3. The summed E-state index contributed by atoms with van der Waals surface area (Å²) in [6, 6.07) is 15.0. The molecule has 0 radical (unpaired) electrons. The Morgan fingerprint density at radius 1 is 1.11 bits per heavy atom. The molecule has 4 rings (SSSR count). The quantitative estimate of drug-likeness (QED) is 0.623. The van der Waals surface area contributed by atoms with Gasteiger partial charge in [0.05, 0.1) is 25.2 Å². The van der Waals surface area contributed by atoms with Gasteiger partial charge in [-0.1, -0.05) is 48.5 Å². The van der Waals surface area contributed by atoms with Gasteiger partial charge in [-0.15, -0.1) is 0 Å². The fourth-order valence-corrected chi connectivity index (χ4v) is 4.64.